The van der Waals surface area contributed by atoms with Crippen LogP contribution in [-0.4, -0.2) is 17.0 Å². The van der Waals surface area contributed by atoms with Crippen LogP contribution in [0, 0.1) is 0 Å². The van der Waals surface area contributed by atoms with Crippen molar-refractivity contribution in [1.29, 1.82) is 0 Å². The van der Waals surface area contributed by atoms with E-state index in [0.717, 1.165) is 31.3 Å². The van der Waals surface area contributed by atoms with Gasteiger partial charge in [0.15, 0.2) is 5.78 Å². The summed E-state index contributed by atoms with van der Waals surface area (Å²) >= 11 is 0. The number of hydrogen-bond acceptors (Lipinski definition) is 2. The molecule has 0 heterocycles. The van der Waals surface area contributed by atoms with E-state index in [9.17, 15) is 9.90 Å². The summed E-state index contributed by atoms with van der Waals surface area (Å²) in [4.78, 5) is 11.5. The van der Waals surface area contributed by atoms with Gasteiger partial charge in [-0.2, -0.15) is 0 Å². The van der Waals surface area contributed by atoms with Crippen LogP contribution in [0.25, 0.3) is 0 Å². The molecule has 15 heavy (non-hydrogen) atoms. The van der Waals surface area contributed by atoms with Crippen molar-refractivity contribution < 1.29 is 9.90 Å². The fraction of sp³-hybridized carbons (Fsp3) is 0.769. The molecule has 0 radical (unpaired) electrons. The first-order valence-corrected chi connectivity index (χ1v) is 6.14. The van der Waals surface area contributed by atoms with Crippen LogP contribution in [0.4, 0.5) is 0 Å². The third-order valence-corrected chi connectivity index (χ3v) is 2.95. The van der Waals surface area contributed by atoms with Gasteiger partial charge in [-0.05, 0) is 24.8 Å². The summed E-state index contributed by atoms with van der Waals surface area (Å²) in [6.45, 7) is 2.15. The molecule has 0 fully saturated rings. The summed E-state index contributed by atoms with van der Waals surface area (Å²) in [6.07, 6.45) is 9.17. The third kappa shape index (κ3) is 4.61. The highest BCUT2D eigenvalue weighted by Gasteiger charge is 2.16. The number of unbranched alkanes of at least 4 members (excludes halogenated alkanes) is 2. The van der Waals surface area contributed by atoms with Gasteiger partial charge in [-0.25, -0.2) is 0 Å². The van der Waals surface area contributed by atoms with E-state index in [0.29, 0.717) is 12.8 Å². The van der Waals surface area contributed by atoms with E-state index in [1.165, 1.54) is 12.8 Å². The van der Waals surface area contributed by atoms with Crippen molar-refractivity contribution >= 4 is 5.78 Å². The first-order chi connectivity index (χ1) is 7.24. The molecular formula is C13H22O2. The minimum atomic E-state index is -0.315. The lowest BCUT2D eigenvalue weighted by Crippen LogP contribution is -2.14. The quantitative estimate of drug-likeness (QED) is 0.684. The van der Waals surface area contributed by atoms with Crippen LogP contribution < -0.4 is 0 Å². The van der Waals surface area contributed by atoms with Crippen LogP contribution in [0.1, 0.15) is 58.3 Å². The lowest BCUT2D eigenvalue weighted by Gasteiger charge is -2.15. The van der Waals surface area contributed by atoms with Gasteiger partial charge in [0.25, 0.3) is 0 Å². The highest BCUT2D eigenvalue weighted by molar-refractivity contribution is 5.96. The average Bonchev–Trinajstić information content (AvgIpc) is 2.22. The first kappa shape index (κ1) is 12.4. The van der Waals surface area contributed by atoms with Crippen molar-refractivity contribution in [3.05, 3.63) is 11.6 Å². The number of Topliss-reactive ketones (excluding diaryl/α,β-unsaturated/α-hetero) is 1. The van der Waals surface area contributed by atoms with Crippen molar-refractivity contribution in [2.75, 3.05) is 0 Å². The number of rotatable bonds is 6. The van der Waals surface area contributed by atoms with Gasteiger partial charge < -0.3 is 5.11 Å². The molecule has 1 rings (SSSR count). The Labute approximate surface area is 92.4 Å². The maximum atomic E-state index is 11.5. The molecule has 0 spiro atoms. The van der Waals surface area contributed by atoms with Crippen LogP contribution >= 0.6 is 0 Å². The molecule has 86 valence electrons. The van der Waals surface area contributed by atoms with Crippen LogP contribution in [0.2, 0.25) is 0 Å². The Bertz CT molecular complexity index is 231. The molecule has 0 aromatic heterocycles. The summed E-state index contributed by atoms with van der Waals surface area (Å²) in [5, 5.41) is 9.75. The summed E-state index contributed by atoms with van der Waals surface area (Å²) in [7, 11) is 0. The molecule has 0 aromatic carbocycles. The second-order valence-electron chi connectivity index (χ2n) is 4.40. The van der Waals surface area contributed by atoms with Crippen molar-refractivity contribution in [1.82, 2.24) is 0 Å². The molecule has 0 saturated carbocycles. The summed E-state index contributed by atoms with van der Waals surface area (Å²) in [6, 6.07) is 0. The topological polar surface area (TPSA) is 37.3 Å². The lowest BCUT2D eigenvalue weighted by atomic mass is 9.92. The van der Waals surface area contributed by atoms with Crippen LogP contribution in [0.3, 0.4) is 0 Å². The molecule has 1 unspecified atom stereocenters. The Morgan fingerprint density at radius 3 is 2.93 bits per heavy atom. The van der Waals surface area contributed by atoms with E-state index in [1.54, 1.807) is 0 Å². The Hall–Kier alpha value is -0.630. The molecule has 0 aromatic rings. The van der Waals surface area contributed by atoms with Crippen LogP contribution in [0.5, 0.6) is 0 Å². The molecule has 1 aliphatic rings. The molecule has 2 nitrogen and oxygen atoms in total. The monoisotopic (exact) mass is 210 g/mol. The molecule has 1 N–H and O–H groups in total. The van der Waals surface area contributed by atoms with Crippen molar-refractivity contribution in [3.63, 3.8) is 0 Å². The van der Waals surface area contributed by atoms with Gasteiger partial charge in [0.05, 0.1) is 6.10 Å². The Morgan fingerprint density at radius 2 is 2.27 bits per heavy atom. The number of carbonyl (C=O) groups excluding carboxylic acids is 1. The van der Waals surface area contributed by atoms with E-state index in [1.807, 2.05) is 6.08 Å². The second kappa shape index (κ2) is 6.78. The van der Waals surface area contributed by atoms with E-state index in [2.05, 4.69) is 6.92 Å². The van der Waals surface area contributed by atoms with E-state index < -0.39 is 0 Å². The number of ketones is 1. The molecule has 1 atom stereocenters. The minimum absolute atomic E-state index is 0.246. The highest BCUT2D eigenvalue weighted by atomic mass is 16.3. The highest BCUT2D eigenvalue weighted by Crippen LogP contribution is 2.20. The Morgan fingerprint density at radius 1 is 1.47 bits per heavy atom. The van der Waals surface area contributed by atoms with Crippen molar-refractivity contribution in [2.45, 2.75) is 64.4 Å². The molecule has 0 bridgehead atoms. The first-order valence-electron chi connectivity index (χ1n) is 6.14. The average molecular weight is 210 g/mol. The predicted octanol–water partition coefficient (Wildman–Crippen LogP) is 3.00. The zero-order valence-corrected chi connectivity index (χ0v) is 9.67. The zero-order chi connectivity index (χ0) is 11.1. The van der Waals surface area contributed by atoms with Gasteiger partial charge in [0.1, 0.15) is 0 Å². The molecule has 2 heteroatoms. The third-order valence-electron chi connectivity index (χ3n) is 2.95. The smallest absolute Gasteiger partial charge is 0.158 e. The Kier molecular flexibility index (Phi) is 5.62. The van der Waals surface area contributed by atoms with Crippen molar-refractivity contribution in [2.24, 2.45) is 0 Å². The normalized spacial score (nSPS) is 18.8. The van der Waals surface area contributed by atoms with Crippen molar-refractivity contribution in [3.8, 4) is 0 Å². The fourth-order valence-corrected chi connectivity index (χ4v) is 2.00. The molecule has 0 saturated heterocycles. The van der Waals surface area contributed by atoms with E-state index >= 15 is 0 Å². The summed E-state index contributed by atoms with van der Waals surface area (Å²) < 4.78 is 0. The maximum Gasteiger partial charge on any atom is 0.158 e. The van der Waals surface area contributed by atoms with Gasteiger partial charge in [-0.3, -0.25) is 4.79 Å². The predicted molar refractivity (Wildman–Crippen MR) is 61.7 cm³/mol. The van der Waals surface area contributed by atoms with Gasteiger partial charge in [0, 0.05) is 12.8 Å². The zero-order valence-electron chi connectivity index (χ0n) is 9.67. The number of carbonyl (C=O) groups is 1. The van der Waals surface area contributed by atoms with Crippen LogP contribution in [-0.2, 0) is 4.79 Å². The fourth-order valence-electron chi connectivity index (χ4n) is 2.00. The summed E-state index contributed by atoms with van der Waals surface area (Å²) in [5.74, 6) is 0.246. The minimum Gasteiger partial charge on any atom is -0.393 e. The maximum absolute atomic E-state index is 11.5. The lowest BCUT2D eigenvalue weighted by molar-refractivity contribution is -0.116. The van der Waals surface area contributed by atoms with E-state index in [-0.39, 0.29) is 11.9 Å². The second-order valence-corrected chi connectivity index (χ2v) is 4.40. The number of aliphatic hydroxyl groups excluding tert-OH is 1. The van der Waals surface area contributed by atoms with Gasteiger partial charge in [-0.1, -0.05) is 32.3 Å². The van der Waals surface area contributed by atoms with Gasteiger partial charge in [-0.15, -0.1) is 0 Å². The summed E-state index contributed by atoms with van der Waals surface area (Å²) in [5.41, 5.74) is 0.866. The van der Waals surface area contributed by atoms with E-state index in [4.69, 9.17) is 0 Å². The Balaban J connectivity index is 2.27. The van der Waals surface area contributed by atoms with Gasteiger partial charge in [0.2, 0.25) is 0 Å². The van der Waals surface area contributed by atoms with Gasteiger partial charge >= 0.3 is 0 Å². The SMILES string of the molecule is CCCCCC(O)CC1=CCCCC1=O. The molecule has 0 aliphatic heterocycles. The number of allylic oxidation sites excluding steroid dienone is 1. The largest absolute Gasteiger partial charge is 0.393 e. The molecular weight excluding hydrogens is 188 g/mol. The van der Waals surface area contributed by atoms with Crippen LogP contribution in [0.15, 0.2) is 11.6 Å². The number of aliphatic hydroxyl groups is 1. The molecule has 0 amide bonds. The number of hydrogen-bond donors (Lipinski definition) is 1. The molecule has 1 aliphatic carbocycles. The standard InChI is InChI=1S/C13H22O2/c1-2-3-4-8-12(14)10-11-7-5-6-9-13(11)15/h7,12,14H,2-6,8-10H2,1H3.